The first-order valence-corrected chi connectivity index (χ1v) is 7.65. The fraction of sp³-hybridized carbons (Fsp3) is 0.667. The molecule has 0 aromatic carbocycles. The van der Waals surface area contributed by atoms with Gasteiger partial charge in [-0.3, -0.25) is 0 Å². The SMILES string of the molecule is CN(C)C1CCc2c(C(=O)OC(C)(C)C)csc2C1. The van der Waals surface area contributed by atoms with Gasteiger partial charge >= 0.3 is 5.97 Å². The van der Waals surface area contributed by atoms with Crippen LogP contribution in [0.3, 0.4) is 0 Å². The normalized spacial score (nSPS) is 19.4. The lowest BCUT2D eigenvalue weighted by Gasteiger charge is -2.28. The molecule has 0 fully saturated rings. The van der Waals surface area contributed by atoms with E-state index in [4.69, 9.17) is 4.74 Å². The van der Waals surface area contributed by atoms with Gasteiger partial charge in [0, 0.05) is 16.3 Å². The van der Waals surface area contributed by atoms with Gasteiger partial charge in [-0.1, -0.05) is 0 Å². The van der Waals surface area contributed by atoms with Gasteiger partial charge in [0.25, 0.3) is 0 Å². The Hall–Kier alpha value is -0.870. The average Bonchev–Trinajstić information content (AvgIpc) is 2.68. The van der Waals surface area contributed by atoms with E-state index < -0.39 is 5.60 Å². The number of carbonyl (C=O) groups excluding carboxylic acids is 1. The smallest absolute Gasteiger partial charge is 0.339 e. The summed E-state index contributed by atoms with van der Waals surface area (Å²) in [6.45, 7) is 5.73. The van der Waals surface area contributed by atoms with E-state index in [9.17, 15) is 4.79 Å². The molecule has 1 heterocycles. The van der Waals surface area contributed by atoms with E-state index in [-0.39, 0.29) is 5.97 Å². The lowest BCUT2D eigenvalue weighted by molar-refractivity contribution is 0.00686. The second-order valence-corrected chi connectivity index (χ2v) is 7.38. The van der Waals surface area contributed by atoms with Crippen molar-refractivity contribution in [1.82, 2.24) is 4.90 Å². The molecule has 2 rings (SSSR count). The van der Waals surface area contributed by atoms with Crippen molar-refractivity contribution in [3.63, 3.8) is 0 Å². The number of esters is 1. The highest BCUT2D eigenvalue weighted by atomic mass is 32.1. The molecule has 1 aromatic rings. The number of likely N-dealkylation sites (N-methyl/N-ethyl adjacent to an activating group) is 1. The van der Waals surface area contributed by atoms with Crippen LogP contribution in [0.2, 0.25) is 0 Å². The molecular weight excluding hydrogens is 258 g/mol. The maximum Gasteiger partial charge on any atom is 0.339 e. The number of nitrogens with zero attached hydrogens (tertiary/aromatic N) is 1. The third-order valence-electron chi connectivity index (χ3n) is 3.48. The number of hydrogen-bond acceptors (Lipinski definition) is 4. The molecule has 1 aromatic heterocycles. The molecule has 0 spiro atoms. The summed E-state index contributed by atoms with van der Waals surface area (Å²) in [5.74, 6) is -0.173. The minimum atomic E-state index is -0.424. The first-order valence-electron chi connectivity index (χ1n) is 6.77. The summed E-state index contributed by atoms with van der Waals surface area (Å²) in [4.78, 5) is 15.8. The van der Waals surface area contributed by atoms with Gasteiger partial charge in [0.15, 0.2) is 0 Å². The van der Waals surface area contributed by atoms with Gasteiger partial charge in [0.1, 0.15) is 5.60 Å². The molecule has 0 N–H and O–H groups in total. The van der Waals surface area contributed by atoms with E-state index in [1.807, 2.05) is 26.2 Å². The standard InChI is InChI=1S/C15H23NO2S/c1-15(2,3)18-14(17)12-9-19-13-8-10(16(4)5)6-7-11(12)13/h9-10H,6-8H2,1-5H3. The zero-order chi connectivity index (χ0) is 14.2. The molecule has 1 aliphatic rings. The van der Waals surface area contributed by atoms with Crippen LogP contribution in [-0.2, 0) is 17.6 Å². The topological polar surface area (TPSA) is 29.5 Å². The van der Waals surface area contributed by atoms with Crippen LogP contribution in [0.5, 0.6) is 0 Å². The third kappa shape index (κ3) is 3.37. The summed E-state index contributed by atoms with van der Waals surface area (Å²) in [6, 6.07) is 0.595. The van der Waals surface area contributed by atoms with Crippen LogP contribution in [0.4, 0.5) is 0 Å². The summed E-state index contributed by atoms with van der Waals surface area (Å²) in [6.07, 6.45) is 3.15. The number of fused-ring (bicyclic) bond motifs is 1. The van der Waals surface area contributed by atoms with Crippen LogP contribution >= 0.6 is 11.3 Å². The molecule has 0 amide bonds. The van der Waals surface area contributed by atoms with Crippen LogP contribution in [-0.4, -0.2) is 36.6 Å². The van der Waals surface area contributed by atoms with Crippen molar-refractivity contribution in [3.8, 4) is 0 Å². The highest BCUT2D eigenvalue weighted by molar-refractivity contribution is 7.10. The van der Waals surface area contributed by atoms with Crippen molar-refractivity contribution < 1.29 is 9.53 Å². The lowest BCUT2D eigenvalue weighted by Crippen LogP contribution is -2.33. The molecule has 0 saturated carbocycles. The molecular formula is C15H23NO2S. The largest absolute Gasteiger partial charge is 0.456 e. The molecule has 106 valence electrons. The Morgan fingerprint density at radius 1 is 1.42 bits per heavy atom. The Kier molecular flexibility index (Phi) is 4.02. The second-order valence-electron chi connectivity index (χ2n) is 6.41. The van der Waals surface area contributed by atoms with Gasteiger partial charge in [-0.25, -0.2) is 4.79 Å². The predicted molar refractivity (Wildman–Crippen MR) is 79.0 cm³/mol. The summed E-state index contributed by atoms with van der Waals surface area (Å²) in [5, 5.41) is 1.97. The van der Waals surface area contributed by atoms with Gasteiger partial charge in [-0.15, -0.1) is 11.3 Å². The Bertz CT molecular complexity index is 471. The van der Waals surface area contributed by atoms with E-state index in [0.717, 1.165) is 24.8 Å². The van der Waals surface area contributed by atoms with Gasteiger partial charge in [-0.05, 0) is 59.7 Å². The number of rotatable bonds is 2. The van der Waals surface area contributed by atoms with Crippen molar-refractivity contribution in [2.24, 2.45) is 0 Å². The Morgan fingerprint density at radius 2 is 2.11 bits per heavy atom. The molecule has 3 nitrogen and oxygen atoms in total. The first-order chi connectivity index (χ1) is 8.78. The number of carbonyl (C=O) groups is 1. The molecule has 19 heavy (non-hydrogen) atoms. The van der Waals surface area contributed by atoms with Crippen LogP contribution in [0.15, 0.2) is 5.38 Å². The minimum Gasteiger partial charge on any atom is -0.456 e. The highest BCUT2D eigenvalue weighted by Crippen LogP contribution is 2.32. The highest BCUT2D eigenvalue weighted by Gasteiger charge is 2.28. The third-order valence-corrected chi connectivity index (χ3v) is 4.53. The summed E-state index contributed by atoms with van der Waals surface area (Å²) in [7, 11) is 4.25. The van der Waals surface area contributed by atoms with Crippen molar-refractivity contribution in [2.75, 3.05) is 14.1 Å². The number of hydrogen-bond donors (Lipinski definition) is 0. The maximum absolute atomic E-state index is 12.2. The van der Waals surface area contributed by atoms with Crippen molar-refractivity contribution in [2.45, 2.75) is 51.7 Å². The summed E-state index contributed by atoms with van der Waals surface area (Å²) < 4.78 is 5.48. The summed E-state index contributed by atoms with van der Waals surface area (Å²) in [5.41, 5.74) is 1.58. The first kappa shape index (κ1) is 14.5. The van der Waals surface area contributed by atoms with E-state index in [2.05, 4.69) is 19.0 Å². The van der Waals surface area contributed by atoms with E-state index >= 15 is 0 Å². The molecule has 0 radical (unpaired) electrons. The monoisotopic (exact) mass is 281 g/mol. The van der Waals surface area contributed by atoms with Crippen LogP contribution < -0.4 is 0 Å². The van der Waals surface area contributed by atoms with Gasteiger partial charge < -0.3 is 9.64 Å². The van der Waals surface area contributed by atoms with E-state index in [0.29, 0.717) is 6.04 Å². The van der Waals surface area contributed by atoms with E-state index in [1.165, 1.54) is 10.4 Å². The maximum atomic E-state index is 12.2. The Morgan fingerprint density at radius 3 is 2.68 bits per heavy atom. The summed E-state index contributed by atoms with van der Waals surface area (Å²) >= 11 is 1.70. The van der Waals surface area contributed by atoms with Crippen molar-refractivity contribution >= 4 is 17.3 Å². The zero-order valence-corrected chi connectivity index (χ0v) is 13.3. The molecule has 1 atom stereocenters. The molecule has 1 unspecified atom stereocenters. The van der Waals surface area contributed by atoms with Crippen LogP contribution in [0.1, 0.15) is 48.0 Å². The molecule has 0 aliphatic heterocycles. The van der Waals surface area contributed by atoms with E-state index in [1.54, 1.807) is 11.3 Å². The van der Waals surface area contributed by atoms with Gasteiger partial charge in [0.05, 0.1) is 5.56 Å². The lowest BCUT2D eigenvalue weighted by atomic mass is 9.91. The quantitative estimate of drug-likeness (QED) is 0.780. The second kappa shape index (κ2) is 5.25. The average molecular weight is 281 g/mol. The fourth-order valence-electron chi connectivity index (χ4n) is 2.44. The van der Waals surface area contributed by atoms with Gasteiger partial charge in [-0.2, -0.15) is 0 Å². The molecule has 0 saturated heterocycles. The number of ether oxygens (including phenoxy) is 1. The van der Waals surface area contributed by atoms with Crippen molar-refractivity contribution in [3.05, 3.63) is 21.4 Å². The predicted octanol–water partition coefficient (Wildman–Crippen LogP) is 3.12. The molecule has 4 heteroatoms. The minimum absolute atomic E-state index is 0.173. The van der Waals surface area contributed by atoms with Crippen LogP contribution in [0, 0.1) is 0 Å². The fourth-order valence-corrected chi connectivity index (χ4v) is 3.58. The molecule has 0 bridgehead atoms. The number of thiophene rings is 1. The Labute approximate surface area is 119 Å². The van der Waals surface area contributed by atoms with Gasteiger partial charge in [0.2, 0.25) is 0 Å². The molecule has 1 aliphatic carbocycles. The van der Waals surface area contributed by atoms with Crippen LogP contribution in [0.25, 0.3) is 0 Å². The Balaban J connectivity index is 2.17. The zero-order valence-electron chi connectivity index (χ0n) is 12.4. The van der Waals surface area contributed by atoms with Crippen molar-refractivity contribution in [1.29, 1.82) is 0 Å².